The van der Waals surface area contributed by atoms with E-state index in [1.54, 1.807) is 0 Å². The van der Waals surface area contributed by atoms with Gasteiger partial charge in [0.05, 0.1) is 5.41 Å². The van der Waals surface area contributed by atoms with Crippen LogP contribution in [0.5, 0.6) is 0 Å². The van der Waals surface area contributed by atoms with Crippen LogP contribution >= 0.6 is 0 Å². The molecule has 0 heterocycles. The monoisotopic (exact) mass is 1560 g/mol. The van der Waals surface area contributed by atoms with E-state index in [0.29, 0.717) is 42.7 Å². The molecule has 8 unspecified atom stereocenters. The second kappa shape index (κ2) is 73.7. The van der Waals surface area contributed by atoms with Gasteiger partial charge in [0.25, 0.3) is 0 Å². The lowest BCUT2D eigenvalue weighted by Gasteiger charge is -2.74. The summed E-state index contributed by atoms with van der Waals surface area (Å²) in [7, 11) is 3.93. The van der Waals surface area contributed by atoms with Crippen molar-refractivity contribution in [2.75, 3.05) is 46.9 Å². The number of rotatable bonds is 83. The summed E-state index contributed by atoms with van der Waals surface area (Å²) in [4.78, 5) is 39.1. The minimum absolute atomic E-state index is 0.0212. The van der Waals surface area contributed by atoms with Crippen molar-refractivity contribution in [1.82, 2.24) is 15.1 Å². The fraction of sp³-hybridized carbons (Fsp3) is 0.941. The number of carboxylic acid groups (broad SMARTS) is 1. The Kier molecular flexibility index (Phi) is 72.0. The molecule has 0 amide bonds. The normalized spacial score (nSPS) is 16.0. The number of carbonyl (C=O) groups excluding carboxylic acids is 1. The van der Waals surface area contributed by atoms with Crippen LogP contribution < -0.4 is 5.32 Å². The number of nitrogens with one attached hydrogen (secondary N) is 1. The van der Waals surface area contributed by atoms with E-state index in [1.807, 2.05) is 25.1 Å². The zero-order valence-electron chi connectivity index (χ0n) is 78.3. The van der Waals surface area contributed by atoms with Crippen molar-refractivity contribution in [1.29, 1.82) is 5.26 Å². The van der Waals surface area contributed by atoms with Crippen molar-refractivity contribution >= 4 is 17.9 Å². The number of nitriles is 1. The molecule has 0 fully saturated rings. The number of carbonyl (C=O) groups is 2. The standard InChI is InChI=1S/C102H199N5O4/c1-18-26-34-42-50-61-71-87-111-97(108)82-69-59-51-60-70-84-107(86-73-83-104-99(105-88-103)106(16)17)85-72-81-96(89(9)74-62-52-43-35-27-19-2)100(90(10)75-63-53-44-36-28-20-3,91(11)76-64-54-45-37-29-21-4)102(94(14)79-67-57-48-40-32-24-7,95(15)80-68-58-49-41-33-25-8)101(98(109)110,92(12)77-65-55-46-38-30-22-5)93(13)78-66-56-47-39-31-23-6/h61,71,89-96H,18-60,62-70,72-87H2,1-17H3,(H,104,105)(H,109,110)/b71-61-. The molecule has 9 nitrogen and oxygen atoms in total. The molecule has 0 aromatic carbocycles. The van der Waals surface area contributed by atoms with Gasteiger partial charge in [-0.2, -0.15) is 5.26 Å². The summed E-state index contributed by atoms with van der Waals surface area (Å²) in [5, 5.41) is 27.5. The minimum atomic E-state index is -0.962. The molecule has 0 saturated carbocycles. The van der Waals surface area contributed by atoms with Gasteiger partial charge in [0.1, 0.15) is 6.61 Å². The Morgan fingerprint density at radius 2 is 0.721 bits per heavy atom. The van der Waals surface area contributed by atoms with Gasteiger partial charge in [-0.25, -0.2) is 0 Å². The first kappa shape index (κ1) is 108. The van der Waals surface area contributed by atoms with E-state index in [1.165, 1.54) is 302 Å². The van der Waals surface area contributed by atoms with Crippen molar-refractivity contribution in [3.63, 3.8) is 0 Å². The zero-order valence-corrected chi connectivity index (χ0v) is 78.3. The molecule has 9 heteroatoms. The highest BCUT2D eigenvalue weighted by atomic mass is 16.5. The summed E-state index contributed by atoms with van der Waals surface area (Å²) in [5.41, 5.74) is -1.77. The Labute approximate surface area is 695 Å². The zero-order chi connectivity index (χ0) is 82.3. The summed E-state index contributed by atoms with van der Waals surface area (Å²) >= 11 is 0. The Hall–Kier alpha value is -2.60. The number of guanidine groups is 1. The number of aliphatic imine (C=N–C) groups is 1. The van der Waals surface area contributed by atoms with E-state index < -0.39 is 16.8 Å². The number of ether oxygens (including phenoxy) is 1. The maximum atomic E-state index is 17.3. The van der Waals surface area contributed by atoms with Gasteiger partial charge in [0.15, 0.2) is 0 Å². The third-order valence-electron chi connectivity index (χ3n) is 27.8. The molecule has 0 aliphatic rings. The van der Waals surface area contributed by atoms with Gasteiger partial charge < -0.3 is 25.0 Å². The molecule has 0 bridgehead atoms. The fourth-order valence-electron chi connectivity index (χ4n) is 21.9. The average molecular weight is 1560 g/mol. The Morgan fingerprint density at radius 3 is 1.10 bits per heavy atom. The van der Waals surface area contributed by atoms with Crippen LogP contribution in [-0.4, -0.2) is 79.7 Å². The van der Waals surface area contributed by atoms with Crippen LogP contribution in [0.15, 0.2) is 17.1 Å². The quantitative estimate of drug-likeness (QED) is 0.0154. The highest BCUT2D eigenvalue weighted by Gasteiger charge is 2.75. The van der Waals surface area contributed by atoms with Gasteiger partial charge in [-0.15, -0.1) is 4.99 Å². The van der Waals surface area contributed by atoms with Crippen LogP contribution in [0.2, 0.25) is 0 Å². The first-order valence-corrected chi connectivity index (χ1v) is 50.0. The molecule has 111 heavy (non-hydrogen) atoms. The molecule has 2 N–H and O–H groups in total. The molecule has 0 aliphatic carbocycles. The van der Waals surface area contributed by atoms with Gasteiger partial charge in [0, 0.05) is 27.1 Å². The number of hydrogen-bond donors (Lipinski definition) is 2. The largest absolute Gasteiger partial charge is 0.481 e. The average Bonchev–Trinajstić information content (AvgIpc) is 0.667. The molecular weight excluding hydrogens is 1360 g/mol. The van der Waals surface area contributed by atoms with Gasteiger partial charge in [0.2, 0.25) is 12.2 Å². The predicted octanol–water partition coefficient (Wildman–Crippen LogP) is 32.2. The molecule has 0 aromatic rings. The molecule has 8 atom stereocenters. The third-order valence-corrected chi connectivity index (χ3v) is 27.8. The molecule has 656 valence electrons. The molecular formula is C102H199N5O4. The lowest BCUT2D eigenvalue weighted by molar-refractivity contribution is -0.278. The summed E-state index contributed by atoms with van der Waals surface area (Å²) in [6, 6.07) is 0. The molecule has 0 spiro atoms. The molecule has 0 saturated heterocycles. The first-order chi connectivity index (χ1) is 53.9. The van der Waals surface area contributed by atoms with E-state index in [9.17, 15) is 15.2 Å². The van der Waals surface area contributed by atoms with Crippen LogP contribution in [0, 0.1) is 75.0 Å². The minimum Gasteiger partial charge on any atom is -0.481 e. The highest BCUT2D eigenvalue weighted by Crippen LogP contribution is 2.77. The van der Waals surface area contributed by atoms with E-state index in [0.717, 1.165) is 122 Å². The summed E-state index contributed by atoms with van der Waals surface area (Å²) < 4.78 is 5.65. The number of unbranched alkanes of at least 4 members (excludes halogenated alkanes) is 43. The Bertz CT molecular complexity index is 2100. The van der Waals surface area contributed by atoms with Crippen LogP contribution in [0.3, 0.4) is 0 Å². The number of esters is 1. The molecule has 0 aromatic heterocycles. The molecule has 0 rings (SSSR count). The lowest BCUT2D eigenvalue weighted by Crippen LogP contribution is -2.73. The number of nitrogens with zero attached hydrogens (tertiary/aromatic N) is 4. The number of hydrogen-bond acceptors (Lipinski definition) is 6. The van der Waals surface area contributed by atoms with E-state index >= 15 is 4.79 Å². The summed E-state index contributed by atoms with van der Waals surface area (Å²) in [5.74, 6) is 2.06. The van der Waals surface area contributed by atoms with E-state index in [-0.39, 0.29) is 35.1 Å². The number of carboxylic acids is 1. The number of allylic oxidation sites excluding steroid dienone is 1. The van der Waals surface area contributed by atoms with Gasteiger partial charge >= 0.3 is 11.9 Å². The van der Waals surface area contributed by atoms with Crippen LogP contribution in [-0.2, 0) is 14.3 Å². The smallest absolute Gasteiger partial charge is 0.310 e. The van der Waals surface area contributed by atoms with Crippen LogP contribution in [0.1, 0.15) is 508 Å². The van der Waals surface area contributed by atoms with Gasteiger partial charge in [-0.3, -0.25) is 9.59 Å². The lowest BCUT2D eigenvalue weighted by atomic mass is 9.29. The topological polar surface area (TPSA) is 118 Å². The predicted molar refractivity (Wildman–Crippen MR) is 490 cm³/mol. The van der Waals surface area contributed by atoms with Crippen molar-refractivity contribution in [3.8, 4) is 6.19 Å². The second-order valence-corrected chi connectivity index (χ2v) is 37.1. The molecule has 0 aliphatic heterocycles. The molecule has 0 radical (unpaired) electrons. The van der Waals surface area contributed by atoms with E-state index in [4.69, 9.17) is 4.74 Å². The Morgan fingerprint density at radius 1 is 0.396 bits per heavy atom. The van der Waals surface area contributed by atoms with Crippen molar-refractivity contribution in [3.05, 3.63) is 12.2 Å². The summed E-state index contributed by atoms with van der Waals surface area (Å²) in [6.45, 7) is 42.2. The maximum absolute atomic E-state index is 17.3. The van der Waals surface area contributed by atoms with Gasteiger partial charge in [-0.1, -0.05) is 456 Å². The van der Waals surface area contributed by atoms with Crippen molar-refractivity contribution < 1.29 is 19.4 Å². The van der Waals surface area contributed by atoms with Crippen LogP contribution in [0.25, 0.3) is 0 Å². The van der Waals surface area contributed by atoms with Crippen LogP contribution in [0.4, 0.5) is 0 Å². The number of aliphatic carboxylic acids is 1. The first-order valence-electron chi connectivity index (χ1n) is 50.0. The van der Waals surface area contributed by atoms with Crippen molar-refractivity contribution in [2.45, 2.75) is 508 Å². The summed E-state index contributed by atoms with van der Waals surface area (Å²) in [6.07, 6.45) is 82.3. The SMILES string of the molecule is CCCCCC/C=C\COC(=O)CCCCCCCN(CCCN/C(=N/C#N)N(C)C)CCCC(C(C)CCCCCCCC)C(C(C)CCCCCCCC)(C(C)CCCCCCCC)C(C(C)CCCCCCCC)(C(C)CCCCCCCC)C(C(=O)O)(C(C)CCCCCCCC)C(C)CCCCCCCC. The van der Waals surface area contributed by atoms with E-state index in [2.05, 4.69) is 131 Å². The van der Waals surface area contributed by atoms with Gasteiger partial charge in [-0.05, 0) is 136 Å². The fourth-order valence-corrected chi connectivity index (χ4v) is 21.9. The Balaban J connectivity index is 9.80. The highest BCUT2D eigenvalue weighted by molar-refractivity contribution is 5.80. The second-order valence-electron chi connectivity index (χ2n) is 37.1. The maximum Gasteiger partial charge on any atom is 0.310 e. The van der Waals surface area contributed by atoms with Crippen molar-refractivity contribution in [2.24, 2.45) is 68.6 Å². The third kappa shape index (κ3) is 44.7.